The van der Waals surface area contributed by atoms with Gasteiger partial charge in [0.15, 0.2) is 10.6 Å². The van der Waals surface area contributed by atoms with E-state index in [4.69, 9.17) is 17.3 Å². The maximum atomic E-state index is 12.0. The molecule has 0 aliphatic carbocycles. The number of carbonyl (C=O) groups is 1. The molecule has 1 fully saturated rings. The molecule has 0 aromatic carbocycles. The molecular weight excluding hydrogens is 252 g/mol. The minimum Gasteiger partial charge on any atom is -0.388 e. The van der Waals surface area contributed by atoms with Crippen molar-refractivity contribution in [1.29, 1.82) is 0 Å². The second-order valence-corrected chi connectivity index (χ2v) is 4.83. The van der Waals surface area contributed by atoms with Crippen LogP contribution in [0.5, 0.6) is 0 Å². The van der Waals surface area contributed by atoms with Gasteiger partial charge in [0.2, 0.25) is 5.91 Å². The smallest absolute Gasteiger partial charge is 0.224 e. The molecule has 0 unspecified atom stereocenters. The summed E-state index contributed by atoms with van der Waals surface area (Å²) >= 11 is 5.06. The number of piperidine rings is 1. The standard InChI is InChI=1S/C11H18N4O2S/c16-8-9-12-13-11(18)15(9)7-4-10(17)14-5-2-1-3-6-14/h16H,1-8H2,(H,13,18). The maximum absolute atomic E-state index is 12.0. The zero-order valence-electron chi connectivity index (χ0n) is 10.3. The van der Waals surface area contributed by atoms with Gasteiger partial charge in [0.25, 0.3) is 0 Å². The number of H-pyrrole nitrogens is 1. The highest BCUT2D eigenvalue weighted by molar-refractivity contribution is 7.71. The Labute approximate surface area is 111 Å². The Kier molecular flexibility index (Phi) is 4.48. The third kappa shape index (κ3) is 2.97. The molecule has 1 aromatic rings. The van der Waals surface area contributed by atoms with Crippen molar-refractivity contribution in [3.8, 4) is 0 Å². The molecule has 1 aromatic heterocycles. The minimum atomic E-state index is -0.176. The summed E-state index contributed by atoms with van der Waals surface area (Å²) in [5.41, 5.74) is 0. The number of hydrogen-bond acceptors (Lipinski definition) is 4. The molecule has 1 aliphatic heterocycles. The van der Waals surface area contributed by atoms with E-state index in [0.717, 1.165) is 25.9 Å². The maximum Gasteiger partial charge on any atom is 0.224 e. The van der Waals surface area contributed by atoms with Gasteiger partial charge in [-0.25, -0.2) is 0 Å². The van der Waals surface area contributed by atoms with Crippen LogP contribution in [0.15, 0.2) is 0 Å². The zero-order chi connectivity index (χ0) is 13.0. The van der Waals surface area contributed by atoms with Crippen molar-refractivity contribution >= 4 is 18.1 Å². The van der Waals surface area contributed by atoms with E-state index in [1.165, 1.54) is 6.42 Å². The average Bonchev–Trinajstić information content (AvgIpc) is 2.77. The first kappa shape index (κ1) is 13.2. The minimum absolute atomic E-state index is 0.154. The normalized spacial score (nSPS) is 15.9. The van der Waals surface area contributed by atoms with E-state index in [1.54, 1.807) is 4.57 Å². The number of rotatable bonds is 4. The quantitative estimate of drug-likeness (QED) is 0.795. The Morgan fingerprint density at radius 3 is 2.78 bits per heavy atom. The van der Waals surface area contributed by atoms with Crippen molar-refractivity contribution in [2.75, 3.05) is 13.1 Å². The lowest BCUT2D eigenvalue weighted by molar-refractivity contribution is -0.132. The molecule has 2 rings (SSSR count). The third-order valence-electron chi connectivity index (χ3n) is 3.24. The molecule has 1 aliphatic rings. The SMILES string of the molecule is O=C(CCn1c(CO)n[nH]c1=S)N1CCCCC1. The lowest BCUT2D eigenvalue weighted by Crippen LogP contribution is -2.36. The van der Waals surface area contributed by atoms with Crippen molar-refractivity contribution < 1.29 is 9.90 Å². The van der Waals surface area contributed by atoms with E-state index < -0.39 is 0 Å². The van der Waals surface area contributed by atoms with Crippen LogP contribution in [-0.4, -0.2) is 43.8 Å². The van der Waals surface area contributed by atoms with Crippen LogP contribution in [-0.2, 0) is 17.9 Å². The monoisotopic (exact) mass is 270 g/mol. The number of nitrogens with one attached hydrogen (secondary N) is 1. The second-order valence-electron chi connectivity index (χ2n) is 4.45. The number of likely N-dealkylation sites (tertiary alicyclic amines) is 1. The van der Waals surface area contributed by atoms with Crippen LogP contribution >= 0.6 is 12.2 Å². The van der Waals surface area contributed by atoms with Gasteiger partial charge in [-0.2, -0.15) is 5.10 Å². The van der Waals surface area contributed by atoms with Crippen LogP contribution in [0.3, 0.4) is 0 Å². The topological polar surface area (TPSA) is 74.1 Å². The largest absolute Gasteiger partial charge is 0.388 e. The molecule has 18 heavy (non-hydrogen) atoms. The van der Waals surface area contributed by atoms with Crippen molar-refractivity contribution in [3.63, 3.8) is 0 Å². The lowest BCUT2D eigenvalue weighted by atomic mass is 10.1. The summed E-state index contributed by atoms with van der Waals surface area (Å²) in [6.07, 6.45) is 3.81. The lowest BCUT2D eigenvalue weighted by Gasteiger charge is -2.26. The molecular formula is C11H18N4O2S. The predicted molar refractivity (Wildman–Crippen MR) is 68.4 cm³/mol. The highest BCUT2D eigenvalue weighted by atomic mass is 32.1. The van der Waals surface area contributed by atoms with E-state index in [9.17, 15) is 4.79 Å². The van der Waals surface area contributed by atoms with Gasteiger partial charge in [-0.1, -0.05) is 0 Å². The number of amides is 1. The van der Waals surface area contributed by atoms with Gasteiger partial charge in [-0.05, 0) is 31.5 Å². The van der Waals surface area contributed by atoms with Gasteiger partial charge < -0.3 is 14.6 Å². The van der Waals surface area contributed by atoms with Gasteiger partial charge in [0, 0.05) is 26.1 Å². The summed E-state index contributed by atoms with van der Waals surface area (Å²) in [7, 11) is 0. The number of aromatic amines is 1. The summed E-state index contributed by atoms with van der Waals surface area (Å²) < 4.78 is 2.13. The molecule has 1 saturated heterocycles. The van der Waals surface area contributed by atoms with Gasteiger partial charge >= 0.3 is 0 Å². The van der Waals surface area contributed by atoms with Crippen molar-refractivity contribution in [3.05, 3.63) is 10.6 Å². The molecule has 7 heteroatoms. The summed E-state index contributed by atoms with van der Waals surface area (Å²) in [4.78, 5) is 13.9. The number of aliphatic hydroxyl groups is 1. The Morgan fingerprint density at radius 2 is 2.11 bits per heavy atom. The van der Waals surface area contributed by atoms with Crippen LogP contribution < -0.4 is 0 Å². The summed E-state index contributed by atoms with van der Waals surface area (Å²) in [6.45, 7) is 2.02. The second kappa shape index (κ2) is 6.10. The van der Waals surface area contributed by atoms with Crippen LogP contribution in [0.2, 0.25) is 0 Å². The average molecular weight is 270 g/mol. The zero-order valence-corrected chi connectivity index (χ0v) is 11.1. The number of nitrogens with zero attached hydrogens (tertiary/aromatic N) is 3. The van der Waals surface area contributed by atoms with Crippen LogP contribution in [0.25, 0.3) is 0 Å². The third-order valence-corrected chi connectivity index (χ3v) is 3.55. The summed E-state index contributed by atoms with van der Waals surface area (Å²) in [5.74, 6) is 0.633. The fraction of sp³-hybridized carbons (Fsp3) is 0.727. The van der Waals surface area contributed by atoms with E-state index in [2.05, 4.69) is 10.2 Å². The molecule has 0 saturated carbocycles. The van der Waals surface area contributed by atoms with Crippen LogP contribution in [0.4, 0.5) is 0 Å². The number of carbonyl (C=O) groups excluding carboxylic acids is 1. The van der Waals surface area contributed by atoms with E-state index in [-0.39, 0.29) is 12.5 Å². The van der Waals surface area contributed by atoms with Gasteiger partial charge in [0.1, 0.15) is 6.61 Å². The molecule has 1 amide bonds. The molecule has 0 spiro atoms. The predicted octanol–water partition coefficient (Wildman–Crippen LogP) is 0.836. The molecule has 100 valence electrons. The van der Waals surface area contributed by atoms with E-state index in [1.807, 2.05) is 4.90 Å². The van der Waals surface area contributed by atoms with E-state index >= 15 is 0 Å². The highest BCUT2D eigenvalue weighted by Gasteiger charge is 2.16. The van der Waals surface area contributed by atoms with Gasteiger partial charge in [-0.3, -0.25) is 9.89 Å². The van der Waals surface area contributed by atoms with Crippen molar-refractivity contribution in [1.82, 2.24) is 19.7 Å². The number of aromatic nitrogens is 3. The summed E-state index contributed by atoms with van der Waals surface area (Å²) in [5, 5.41) is 15.6. The van der Waals surface area contributed by atoms with Crippen LogP contribution in [0.1, 0.15) is 31.5 Å². The molecule has 6 nitrogen and oxygen atoms in total. The number of aliphatic hydroxyl groups excluding tert-OH is 1. The van der Waals surface area contributed by atoms with Gasteiger partial charge in [-0.15, -0.1) is 0 Å². The molecule has 0 atom stereocenters. The van der Waals surface area contributed by atoms with Crippen LogP contribution in [0, 0.1) is 4.77 Å². The molecule has 2 heterocycles. The fourth-order valence-corrected chi connectivity index (χ4v) is 2.45. The van der Waals surface area contributed by atoms with Crippen molar-refractivity contribution in [2.45, 2.75) is 38.8 Å². The number of hydrogen-bond donors (Lipinski definition) is 2. The van der Waals surface area contributed by atoms with Crippen molar-refractivity contribution in [2.24, 2.45) is 0 Å². The van der Waals surface area contributed by atoms with Gasteiger partial charge in [0.05, 0.1) is 0 Å². The summed E-state index contributed by atoms with van der Waals surface area (Å²) in [6, 6.07) is 0. The molecule has 0 bridgehead atoms. The molecule has 2 N–H and O–H groups in total. The Balaban J connectivity index is 1.92. The Hall–Kier alpha value is -1.21. The highest BCUT2D eigenvalue weighted by Crippen LogP contribution is 2.10. The van der Waals surface area contributed by atoms with E-state index in [0.29, 0.717) is 23.6 Å². The first-order chi connectivity index (χ1) is 8.72. The fourth-order valence-electron chi connectivity index (χ4n) is 2.21. The molecule has 0 radical (unpaired) electrons. The first-order valence-electron chi connectivity index (χ1n) is 6.25. The Bertz CT molecular complexity index is 462. The first-order valence-corrected chi connectivity index (χ1v) is 6.66. The Morgan fingerprint density at radius 1 is 1.39 bits per heavy atom.